The molecule has 0 bridgehead atoms. The maximum Gasteiger partial charge on any atom is 0.307 e. The van der Waals surface area contributed by atoms with Crippen LogP contribution < -0.4 is 0 Å². The number of aliphatic hydroxyl groups excluding tert-OH is 1. The smallest absolute Gasteiger partial charge is 0.307 e. The van der Waals surface area contributed by atoms with Crippen LogP contribution in [0.1, 0.15) is 13.3 Å². The maximum absolute atomic E-state index is 10.4. The molecule has 0 unspecified atom stereocenters. The Morgan fingerprint density at radius 3 is 2.38 bits per heavy atom. The van der Waals surface area contributed by atoms with E-state index in [0.29, 0.717) is 11.1 Å². The van der Waals surface area contributed by atoms with Crippen molar-refractivity contribution < 1.29 is 15.0 Å². The fourth-order valence-corrected chi connectivity index (χ4v) is 1.24. The zero-order valence-electron chi connectivity index (χ0n) is 7.25. The van der Waals surface area contributed by atoms with Gasteiger partial charge < -0.3 is 10.2 Å². The van der Waals surface area contributed by atoms with Crippen LogP contribution in [0.15, 0.2) is 34.5 Å². The van der Waals surface area contributed by atoms with E-state index < -0.39 is 5.97 Å². The topological polar surface area (TPSA) is 57.5 Å². The summed E-state index contributed by atoms with van der Waals surface area (Å²) in [5.41, 5.74) is 1.03. The first-order valence-corrected chi connectivity index (χ1v) is 4.48. The summed E-state index contributed by atoms with van der Waals surface area (Å²) >= 11 is 3.04. The van der Waals surface area contributed by atoms with E-state index in [2.05, 4.69) is 22.5 Å². The molecule has 0 amide bonds. The van der Waals surface area contributed by atoms with E-state index >= 15 is 0 Å². The van der Waals surface area contributed by atoms with Gasteiger partial charge in [0.05, 0.1) is 6.42 Å². The van der Waals surface area contributed by atoms with E-state index in [-0.39, 0.29) is 12.2 Å². The quantitative estimate of drug-likeness (QED) is 0.593. The Bertz CT molecular complexity index is 277. The molecule has 0 saturated carbocycles. The summed E-state index contributed by atoms with van der Waals surface area (Å²) < 4.78 is 0. The van der Waals surface area contributed by atoms with Gasteiger partial charge in [-0.1, -0.05) is 22.5 Å². The highest BCUT2D eigenvalue weighted by Crippen LogP contribution is 2.18. The van der Waals surface area contributed by atoms with E-state index in [1.165, 1.54) is 11.1 Å². The molecule has 0 aromatic carbocycles. The van der Waals surface area contributed by atoms with Gasteiger partial charge in [0.25, 0.3) is 0 Å². The van der Waals surface area contributed by atoms with Crippen molar-refractivity contribution in [2.24, 2.45) is 0 Å². The van der Waals surface area contributed by atoms with Crippen LogP contribution in [-0.2, 0) is 4.79 Å². The van der Waals surface area contributed by atoms with Gasteiger partial charge in [0.1, 0.15) is 5.76 Å². The lowest BCUT2D eigenvalue weighted by atomic mass is 10.1. The van der Waals surface area contributed by atoms with Gasteiger partial charge in [-0.3, -0.25) is 4.79 Å². The second-order valence-electron chi connectivity index (χ2n) is 2.42. The standard InChI is InChI=1S/C9H11BrO3/c1-3-8(11)6(2)7(5-10)4-9(12)13/h3,5,11H,1,4H2,2H3,(H,12,13)/b7-5+,8-6-. The Morgan fingerprint density at radius 1 is 1.54 bits per heavy atom. The van der Waals surface area contributed by atoms with Gasteiger partial charge in [-0.25, -0.2) is 0 Å². The monoisotopic (exact) mass is 246 g/mol. The molecule has 0 atom stereocenters. The van der Waals surface area contributed by atoms with Gasteiger partial charge in [0.15, 0.2) is 0 Å². The number of hydrogen-bond donors (Lipinski definition) is 2. The first-order valence-electron chi connectivity index (χ1n) is 3.56. The number of aliphatic hydroxyl groups is 1. The molecule has 4 heteroatoms. The van der Waals surface area contributed by atoms with E-state index in [9.17, 15) is 9.90 Å². The number of rotatable bonds is 4. The Hall–Kier alpha value is -1.03. The minimum absolute atomic E-state index is 0.00745. The number of hydrogen-bond acceptors (Lipinski definition) is 2. The highest BCUT2D eigenvalue weighted by atomic mass is 79.9. The molecule has 2 N–H and O–H groups in total. The van der Waals surface area contributed by atoms with Crippen molar-refractivity contribution in [3.63, 3.8) is 0 Å². The molecule has 0 saturated heterocycles. The van der Waals surface area contributed by atoms with Gasteiger partial charge in [0.2, 0.25) is 0 Å². The van der Waals surface area contributed by atoms with Gasteiger partial charge in [-0.2, -0.15) is 0 Å². The van der Waals surface area contributed by atoms with Gasteiger partial charge in [-0.05, 0) is 29.1 Å². The normalized spacial score (nSPS) is 13.5. The fraction of sp³-hybridized carbons (Fsp3) is 0.222. The highest BCUT2D eigenvalue weighted by Gasteiger charge is 2.08. The summed E-state index contributed by atoms with van der Waals surface area (Å²) in [6.45, 7) is 5.01. The third kappa shape index (κ3) is 3.94. The molecular formula is C9H11BrO3. The molecule has 0 aliphatic rings. The van der Waals surface area contributed by atoms with Crippen molar-refractivity contribution in [3.05, 3.63) is 34.5 Å². The molecule has 0 aliphatic heterocycles. The van der Waals surface area contributed by atoms with Crippen molar-refractivity contribution in [2.45, 2.75) is 13.3 Å². The van der Waals surface area contributed by atoms with Gasteiger partial charge in [0, 0.05) is 0 Å². The third-order valence-electron chi connectivity index (χ3n) is 1.53. The molecular weight excluding hydrogens is 236 g/mol. The van der Waals surface area contributed by atoms with Crippen LogP contribution in [0.5, 0.6) is 0 Å². The Balaban J connectivity index is 4.81. The second kappa shape index (κ2) is 5.59. The summed E-state index contributed by atoms with van der Waals surface area (Å²) in [6.07, 6.45) is 1.14. The molecule has 0 heterocycles. The van der Waals surface area contributed by atoms with Crippen LogP contribution in [-0.4, -0.2) is 16.2 Å². The Labute approximate surface area is 85.2 Å². The molecule has 0 aromatic rings. The Kier molecular flexibility index (Phi) is 5.14. The number of allylic oxidation sites excluding steroid dienone is 2. The first-order chi connectivity index (χ1) is 6.02. The lowest BCUT2D eigenvalue weighted by Gasteiger charge is -2.04. The van der Waals surface area contributed by atoms with Crippen LogP contribution in [0.2, 0.25) is 0 Å². The molecule has 0 aromatic heterocycles. The van der Waals surface area contributed by atoms with Crippen LogP contribution in [0.3, 0.4) is 0 Å². The minimum Gasteiger partial charge on any atom is -0.508 e. The van der Waals surface area contributed by atoms with Crippen LogP contribution in [0, 0.1) is 0 Å². The lowest BCUT2D eigenvalue weighted by Crippen LogP contribution is -1.99. The summed E-state index contributed by atoms with van der Waals surface area (Å²) in [4.78, 5) is 11.9. The molecule has 0 aliphatic carbocycles. The zero-order valence-corrected chi connectivity index (χ0v) is 8.84. The highest BCUT2D eigenvalue weighted by molar-refractivity contribution is 9.11. The van der Waals surface area contributed by atoms with Crippen molar-refractivity contribution in [2.75, 3.05) is 0 Å². The number of carboxylic acid groups (broad SMARTS) is 1. The maximum atomic E-state index is 10.4. The Morgan fingerprint density at radius 2 is 2.08 bits per heavy atom. The second-order valence-corrected chi connectivity index (χ2v) is 2.88. The molecule has 72 valence electrons. The predicted octanol–water partition coefficient (Wildman–Crippen LogP) is 2.76. The largest absolute Gasteiger partial charge is 0.508 e. The minimum atomic E-state index is -0.943. The van der Waals surface area contributed by atoms with Crippen LogP contribution in [0.25, 0.3) is 0 Å². The van der Waals surface area contributed by atoms with Crippen LogP contribution >= 0.6 is 15.9 Å². The van der Waals surface area contributed by atoms with Crippen molar-refractivity contribution in [3.8, 4) is 0 Å². The number of aliphatic carboxylic acids is 1. The van der Waals surface area contributed by atoms with E-state index in [0.717, 1.165) is 0 Å². The summed E-state index contributed by atoms with van der Waals surface area (Å²) in [7, 11) is 0. The number of carbonyl (C=O) groups is 1. The van der Waals surface area contributed by atoms with Crippen molar-refractivity contribution >= 4 is 21.9 Å². The summed E-state index contributed by atoms with van der Waals surface area (Å²) in [5.74, 6) is -0.950. The van der Waals surface area contributed by atoms with Gasteiger partial charge in [-0.15, -0.1) is 0 Å². The van der Waals surface area contributed by atoms with Crippen LogP contribution in [0.4, 0.5) is 0 Å². The van der Waals surface area contributed by atoms with E-state index in [4.69, 9.17) is 5.11 Å². The molecule has 3 nitrogen and oxygen atoms in total. The van der Waals surface area contributed by atoms with E-state index in [1.807, 2.05) is 0 Å². The molecule has 13 heavy (non-hydrogen) atoms. The molecule has 0 spiro atoms. The third-order valence-corrected chi connectivity index (χ3v) is 2.09. The summed E-state index contributed by atoms with van der Waals surface area (Å²) in [6, 6.07) is 0. The molecule has 0 fully saturated rings. The van der Waals surface area contributed by atoms with Crippen molar-refractivity contribution in [1.29, 1.82) is 0 Å². The van der Waals surface area contributed by atoms with E-state index in [1.54, 1.807) is 6.92 Å². The van der Waals surface area contributed by atoms with Gasteiger partial charge >= 0.3 is 5.97 Å². The predicted molar refractivity (Wildman–Crippen MR) is 54.8 cm³/mol. The fourth-order valence-electron chi connectivity index (χ4n) is 0.734. The average Bonchev–Trinajstić information content (AvgIpc) is 2.11. The lowest BCUT2D eigenvalue weighted by molar-refractivity contribution is -0.136. The number of carboxylic acids is 1. The summed E-state index contributed by atoms with van der Waals surface area (Å²) in [5, 5.41) is 17.8. The number of halogens is 1. The first kappa shape index (κ1) is 12.0. The van der Waals surface area contributed by atoms with Crippen molar-refractivity contribution in [1.82, 2.24) is 0 Å². The zero-order chi connectivity index (χ0) is 10.4. The molecule has 0 rings (SSSR count). The average molecular weight is 247 g/mol. The SMILES string of the molecule is C=C/C(O)=C(C)/C(=C/Br)CC(=O)O. The molecule has 0 radical (unpaired) electrons.